The van der Waals surface area contributed by atoms with Crippen LogP contribution in [0.5, 0.6) is 0 Å². The maximum Gasteiger partial charge on any atom is 0.243 e. The number of amides is 1. The number of carbonyl (C=O) groups is 1. The topological polar surface area (TPSA) is 79.6 Å². The molecule has 8 heteroatoms. The summed E-state index contributed by atoms with van der Waals surface area (Å²) in [6, 6.07) is 8.27. The number of hydrogen-bond acceptors (Lipinski definition) is 5. The number of hydrogen-bond donors (Lipinski definition) is 1. The highest BCUT2D eigenvalue weighted by molar-refractivity contribution is 7.99. The van der Waals surface area contributed by atoms with Gasteiger partial charge in [-0.1, -0.05) is 6.92 Å². The van der Waals surface area contributed by atoms with Crippen LogP contribution in [0.1, 0.15) is 12.7 Å². The van der Waals surface area contributed by atoms with Crippen LogP contribution in [0.2, 0.25) is 0 Å². The quantitative estimate of drug-likeness (QED) is 0.900. The van der Waals surface area contributed by atoms with Crippen molar-refractivity contribution in [3.8, 4) is 0 Å². The van der Waals surface area contributed by atoms with E-state index in [1.807, 2.05) is 6.92 Å². The van der Waals surface area contributed by atoms with E-state index in [0.29, 0.717) is 17.2 Å². The van der Waals surface area contributed by atoms with Gasteiger partial charge in [-0.05, 0) is 30.3 Å². The molecule has 1 aliphatic heterocycles. The Morgan fingerprint density at radius 3 is 2.88 bits per heavy atom. The van der Waals surface area contributed by atoms with Crippen molar-refractivity contribution in [2.45, 2.75) is 23.3 Å². The predicted molar refractivity (Wildman–Crippen MR) is 92.3 cm³/mol. The molecular weight excluding hydrogens is 348 g/mol. The molecule has 1 aromatic heterocycles. The first kappa shape index (κ1) is 17.1. The standard InChI is InChI=1S/C16H18N2O4S2/c1-11-10-23-15-6-5-13(8-14(15)17-16(11)19)24(20,21)18(2)9-12-4-3-7-22-12/h3-8,11H,9-10H2,1-2H3,(H,17,19)/t11-/m1/s1. The average molecular weight is 366 g/mol. The van der Waals surface area contributed by atoms with Gasteiger partial charge in [-0.25, -0.2) is 8.42 Å². The Morgan fingerprint density at radius 2 is 2.17 bits per heavy atom. The molecule has 1 aliphatic rings. The SMILES string of the molecule is C[C@@H]1CSc2ccc(S(=O)(=O)N(C)Cc3ccco3)cc2NC1=O. The van der Waals surface area contributed by atoms with Crippen molar-refractivity contribution in [2.24, 2.45) is 5.92 Å². The third kappa shape index (κ3) is 3.35. The van der Waals surface area contributed by atoms with E-state index in [9.17, 15) is 13.2 Å². The minimum Gasteiger partial charge on any atom is -0.468 e. The summed E-state index contributed by atoms with van der Waals surface area (Å²) in [4.78, 5) is 13.0. The van der Waals surface area contributed by atoms with Crippen LogP contribution in [0.25, 0.3) is 0 Å². The van der Waals surface area contributed by atoms with Crippen molar-refractivity contribution in [1.82, 2.24) is 4.31 Å². The molecule has 0 spiro atoms. The second kappa shape index (κ2) is 6.62. The monoisotopic (exact) mass is 366 g/mol. The molecular formula is C16H18N2O4S2. The fourth-order valence-corrected chi connectivity index (χ4v) is 4.50. The minimum atomic E-state index is -3.68. The number of anilines is 1. The van der Waals surface area contributed by atoms with Crippen molar-refractivity contribution < 1.29 is 17.6 Å². The van der Waals surface area contributed by atoms with E-state index in [2.05, 4.69) is 5.32 Å². The molecule has 3 rings (SSSR count). The summed E-state index contributed by atoms with van der Waals surface area (Å²) in [5.74, 6) is 1.01. The lowest BCUT2D eigenvalue weighted by molar-refractivity contribution is -0.118. The van der Waals surface area contributed by atoms with Gasteiger partial charge in [0.1, 0.15) is 5.76 Å². The summed E-state index contributed by atoms with van der Waals surface area (Å²) in [5, 5.41) is 2.81. The van der Waals surface area contributed by atoms with Crippen molar-refractivity contribution in [2.75, 3.05) is 18.1 Å². The lowest BCUT2D eigenvalue weighted by Gasteiger charge is -2.17. The van der Waals surface area contributed by atoms with Crippen LogP contribution in [0.3, 0.4) is 0 Å². The molecule has 0 saturated carbocycles. The number of furan rings is 1. The van der Waals surface area contributed by atoms with Gasteiger partial charge in [-0.3, -0.25) is 4.79 Å². The number of carbonyl (C=O) groups excluding carboxylic acids is 1. The first-order valence-corrected chi connectivity index (χ1v) is 9.87. The Balaban J connectivity index is 1.89. The van der Waals surface area contributed by atoms with E-state index in [4.69, 9.17) is 4.42 Å². The van der Waals surface area contributed by atoms with E-state index in [0.717, 1.165) is 4.90 Å². The van der Waals surface area contributed by atoms with Crippen LogP contribution >= 0.6 is 11.8 Å². The molecule has 128 valence electrons. The van der Waals surface area contributed by atoms with E-state index in [-0.39, 0.29) is 23.3 Å². The number of thioether (sulfide) groups is 1. The van der Waals surface area contributed by atoms with Crippen LogP contribution in [0, 0.1) is 5.92 Å². The van der Waals surface area contributed by atoms with Gasteiger partial charge in [0.25, 0.3) is 0 Å². The number of fused-ring (bicyclic) bond motifs is 1. The zero-order chi connectivity index (χ0) is 17.3. The van der Waals surface area contributed by atoms with Gasteiger partial charge >= 0.3 is 0 Å². The van der Waals surface area contributed by atoms with Crippen LogP contribution in [0.15, 0.2) is 50.8 Å². The van der Waals surface area contributed by atoms with Crippen LogP contribution in [-0.2, 0) is 21.4 Å². The summed E-state index contributed by atoms with van der Waals surface area (Å²) >= 11 is 1.55. The average Bonchev–Trinajstić information content (AvgIpc) is 3.01. The molecule has 1 atom stereocenters. The van der Waals surface area contributed by atoms with E-state index >= 15 is 0 Å². The van der Waals surface area contributed by atoms with Crippen LogP contribution in [-0.4, -0.2) is 31.4 Å². The molecule has 0 fully saturated rings. The minimum absolute atomic E-state index is 0.0975. The summed E-state index contributed by atoms with van der Waals surface area (Å²) in [5.41, 5.74) is 0.543. The first-order chi connectivity index (χ1) is 11.4. The maximum atomic E-state index is 12.7. The first-order valence-electron chi connectivity index (χ1n) is 7.44. The Morgan fingerprint density at radius 1 is 1.38 bits per heavy atom. The van der Waals surface area contributed by atoms with E-state index < -0.39 is 10.0 Å². The number of rotatable bonds is 4. The van der Waals surface area contributed by atoms with Crippen molar-refractivity contribution in [3.05, 3.63) is 42.4 Å². The summed E-state index contributed by atoms with van der Waals surface area (Å²) in [6.07, 6.45) is 1.51. The Kier molecular flexibility index (Phi) is 4.71. The maximum absolute atomic E-state index is 12.7. The van der Waals surface area contributed by atoms with E-state index in [1.165, 1.54) is 23.7 Å². The van der Waals surface area contributed by atoms with Gasteiger partial charge in [0.05, 0.1) is 23.4 Å². The molecule has 0 aliphatic carbocycles. The Bertz CT molecular complexity index is 847. The molecule has 2 aromatic rings. The lowest BCUT2D eigenvalue weighted by Crippen LogP contribution is -2.26. The van der Waals surface area contributed by atoms with Crippen LogP contribution in [0.4, 0.5) is 5.69 Å². The molecule has 6 nitrogen and oxygen atoms in total. The number of benzene rings is 1. The highest BCUT2D eigenvalue weighted by Gasteiger charge is 2.25. The highest BCUT2D eigenvalue weighted by Crippen LogP contribution is 2.34. The zero-order valence-corrected chi connectivity index (χ0v) is 15.0. The second-order valence-corrected chi connectivity index (χ2v) is 8.81. The fraction of sp³-hybridized carbons (Fsp3) is 0.312. The normalized spacial score (nSPS) is 18.1. The second-order valence-electron chi connectivity index (χ2n) is 5.70. The van der Waals surface area contributed by atoms with Gasteiger partial charge in [0.2, 0.25) is 15.9 Å². The molecule has 1 N–H and O–H groups in total. The predicted octanol–water partition coefficient (Wildman–Crippen LogP) is 2.78. The van der Waals surface area contributed by atoms with Gasteiger partial charge in [0.15, 0.2) is 0 Å². The number of nitrogens with one attached hydrogen (secondary N) is 1. The smallest absolute Gasteiger partial charge is 0.243 e. The van der Waals surface area contributed by atoms with Crippen LogP contribution < -0.4 is 5.32 Å². The summed E-state index contributed by atoms with van der Waals surface area (Å²) in [7, 11) is -2.18. The molecule has 0 radical (unpaired) electrons. The summed E-state index contributed by atoms with van der Waals surface area (Å²) < 4.78 is 31.9. The molecule has 1 aromatic carbocycles. The van der Waals surface area contributed by atoms with Gasteiger partial charge in [0, 0.05) is 23.6 Å². The van der Waals surface area contributed by atoms with Crippen molar-refractivity contribution in [3.63, 3.8) is 0 Å². The third-order valence-corrected chi connectivity index (χ3v) is 6.95. The largest absolute Gasteiger partial charge is 0.468 e. The molecule has 24 heavy (non-hydrogen) atoms. The Labute approximate surface area is 145 Å². The van der Waals surface area contributed by atoms with E-state index in [1.54, 1.807) is 36.0 Å². The molecule has 2 heterocycles. The molecule has 0 bridgehead atoms. The van der Waals surface area contributed by atoms with Crippen molar-refractivity contribution in [1.29, 1.82) is 0 Å². The molecule has 0 unspecified atom stereocenters. The number of nitrogens with zero attached hydrogens (tertiary/aromatic N) is 1. The van der Waals surface area contributed by atoms with Crippen molar-refractivity contribution >= 4 is 33.4 Å². The fourth-order valence-electron chi connectivity index (χ4n) is 2.33. The molecule has 0 saturated heterocycles. The third-order valence-electron chi connectivity index (χ3n) is 3.81. The van der Waals surface area contributed by atoms with Gasteiger partial charge in [-0.15, -0.1) is 11.8 Å². The number of sulfonamides is 1. The zero-order valence-electron chi connectivity index (χ0n) is 13.4. The van der Waals surface area contributed by atoms with Gasteiger partial charge < -0.3 is 9.73 Å². The lowest BCUT2D eigenvalue weighted by atomic mass is 10.2. The molecule has 1 amide bonds. The van der Waals surface area contributed by atoms with Gasteiger partial charge in [-0.2, -0.15) is 4.31 Å². The summed E-state index contributed by atoms with van der Waals surface area (Å²) in [6.45, 7) is 1.99. The Hall–Kier alpha value is -1.77. The highest BCUT2D eigenvalue weighted by atomic mass is 32.2.